The number of hydrogen-bond acceptors (Lipinski definition) is 6. The molecule has 2 rings (SSSR count). The fourth-order valence-corrected chi connectivity index (χ4v) is 2.51. The van der Waals surface area contributed by atoms with E-state index in [-0.39, 0.29) is 6.10 Å². The molecule has 2 heterocycles. The molecule has 0 aromatic carbocycles. The van der Waals surface area contributed by atoms with Crippen LogP contribution in [-0.4, -0.2) is 54.2 Å². The lowest BCUT2D eigenvalue weighted by molar-refractivity contribution is 0.233. The smallest absolute Gasteiger partial charge is 0.242 e. The molecule has 1 aliphatic rings. The van der Waals surface area contributed by atoms with Crippen molar-refractivity contribution < 1.29 is 4.74 Å². The van der Waals surface area contributed by atoms with Gasteiger partial charge in [0.1, 0.15) is 12.0 Å². The quantitative estimate of drug-likeness (QED) is 0.898. The van der Waals surface area contributed by atoms with E-state index in [1.165, 1.54) is 12.7 Å². The van der Waals surface area contributed by atoms with Crippen molar-refractivity contribution in [2.24, 2.45) is 0 Å². The summed E-state index contributed by atoms with van der Waals surface area (Å²) >= 11 is 0. The van der Waals surface area contributed by atoms with E-state index < -0.39 is 0 Å². The molecule has 20 heavy (non-hydrogen) atoms. The number of likely N-dealkylation sites (N-methyl/N-ethyl adjacent to an activating group) is 1. The summed E-state index contributed by atoms with van der Waals surface area (Å²) in [5, 5.41) is 0. The predicted molar refractivity (Wildman–Crippen MR) is 81.1 cm³/mol. The van der Waals surface area contributed by atoms with E-state index in [1.807, 2.05) is 13.8 Å². The van der Waals surface area contributed by atoms with Crippen LogP contribution in [0.4, 0.5) is 11.5 Å². The zero-order chi connectivity index (χ0) is 14.7. The summed E-state index contributed by atoms with van der Waals surface area (Å²) in [6.07, 6.45) is 3.94. The molecule has 1 saturated heterocycles. The highest BCUT2D eigenvalue weighted by Gasteiger charge is 2.25. The molecule has 0 spiro atoms. The number of nitrogen functional groups attached to an aromatic ring is 1. The zero-order valence-corrected chi connectivity index (χ0v) is 12.8. The van der Waals surface area contributed by atoms with Crippen molar-refractivity contribution in [3.8, 4) is 5.88 Å². The van der Waals surface area contributed by atoms with Crippen LogP contribution >= 0.6 is 0 Å². The van der Waals surface area contributed by atoms with E-state index in [4.69, 9.17) is 10.5 Å². The van der Waals surface area contributed by atoms with Crippen LogP contribution in [0, 0.1) is 0 Å². The van der Waals surface area contributed by atoms with Crippen LogP contribution in [0.5, 0.6) is 5.88 Å². The minimum atomic E-state index is 0.0518. The maximum absolute atomic E-state index is 6.18. The molecular formula is C14H25N5O. The summed E-state index contributed by atoms with van der Waals surface area (Å²) in [4.78, 5) is 13.0. The maximum atomic E-state index is 6.18. The minimum Gasteiger partial charge on any atom is -0.473 e. The number of anilines is 2. The van der Waals surface area contributed by atoms with Gasteiger partial charge in [0.05, 0.1) is 6.10 Å². The lowest BCUT2D eigenvalue weighted by Crippen LogP contribution is -2.45. The van der Waals surface area contributed by atoms with Crippen LogP contribution in [0.3, 0.4) is 0 Å². The molecule has 1 aromatic rings. The third kappa shape index (κ3) is 3.30. The van der Waals surface area contributed by atoms with Gasteiger partial charge in [-0.15, -0.1) is 0 Å². The number of nitrogens with two attached hydrogens (primary N) is 1. The number of ether oxygens (including phenoxy) is 1. The summed E-state index contributed by atoms with van der Waals surface area (Å²) in [7, 11) is 4.23. The Morgan fingerprint density at radius 1 is 1.40 bits per heavy atom. The van der Waals surface area contributed by atoms with E-state index in [0.717, 1.165) is 25.3 Å². The average molecular weight is 279 g/mol. The molecule has 1 aliphatic heterocycles. The number of hydrogen-bond donors (Lipinski definition) is 1. The van der Waals surface area contributed by atoms with E-state index in [1.54, 1.807) is 0 Å². The summed E-state index contributed by atoms with van der Waals surface area (Å²) < 4.78 is 5.64. The van der Waals surface area contributed by atoms with Crippen molar-refractivity contribution in [1.29, 1.82) is 0 Å². The summed E-state index contributed by atoms with van der Waals surface area (Å²) in [6, 6.07) is 0.535. The Kier molecular flexibility index (Phi) is 4.65. The Hall–Kier alpha value is -1.56. The van der Waals surface area contributed by atoms with Gasteiger partial charge < -0.3 is 20.3 Å². The lowest BCUT2D eigenvalue weighted by atomic mass is 10.0. The van der Waals surface area contributed by atoms with Gasteiger partial charge in [0.25, 0.3) is 0 Å². The monoisotopic (exact) mass is 279 g/mol. The molecule has 1 aromatic heterocycles. The van der Waals surface area contributed by atoms with Crippen molar-refractivity contribution in [2.75, 3.05) is 37.8 Å². The molecule has 0 amide bonds. The highest BCUT2D eigenvalue weighted by Crippen LogP contribution is 2.30. The molecular weight excluding hydrogens is 254 g/mol. The highest BCUT2D eigenvalue weighted by molar-refractivity contribution is 5.68. The molecule has 0 aliphatic carbocycles. The van der Waals surface area contributed by atoms with Crippen molar-refractivity contribution in [1.82, 2.24) is 14.9 Å². The molecule has 6 heteroatoms. The first-order chi connectivity index (χ1) is 9.49. The van der Waals surface area contributed by atoms with Crippen molar-refractivity contribution in [2.45, 2.75) is 38.8 Å². The van der Waals surface area contributed by atoms with Crippen molar-refractivity contribution in [3.05, 3.63) is 6.33 Å². The van der Waals surface area contributed by atoms with Gasteiger partial charge in [0.2, 0.25) is 5.88 Å². The van der Waals surface area contributed by atoms with Crippen LogP contribution in [0.1, 0.15) is 26.7 Å². The molecule has 1 unspecified atom stereocenters. The fourth-order valence-electron chi connectivity index (χ4n) is 2.51. The molecule has 2 N–H and O–H groups in total. The van der Waals surface area contributed by atoms with Crippen LogP contribution in [0.15, 0.2) is 6.33 Å². The second kappa shape index (κ2) is 6.26. The van der Waals surface area contributed by atoms with E-state index in [0.29, 0.717) is 17.6 Å². The molecule has 112 valence electrons. The summed E-state index contributed by atoms with van der Waals surface area (Å²) in [5.41, 5.74) is 6.72. The van der Waals surface area contributed by atoms with Crippen LogP contribution in [0.2, 0.25) is 0 Å². The molecule has 0 bridgehead atoms. The number of piperidine rings is 1. The van der Waals surface area contributed by atoms with Gasteiger partial charge in [-0.05, 0) is 40.8 Å². The first-order valence-electron chi connectivity index (χ1n) is 7.17. The fraction of sp³-hybridized carbons (Fsp3) is 0.714. The first-order valence-corrected chi connectivity index (χ1v) is 7.17. The number of rotatable bonds is 4. The molecule has 0 saturated carbocycles. The second-order valence-electron chi connectivity index (χ2n) is 5.79. The Bertz CT molecular complexity index is 449. The van der Waals surface area contributed by atoms with Gasteiger partial charge >= 0.3 is 0 Å². The topological polar surface area (TPSA) is 67.5 Å². The minimum absolute atomic E-state index is 0.0518. The number of nitrogens with zero attached hydrogens (tertiary/aromatic N) is 4. The number of aromatic nitrogens is 2. The van der Waals surface area contributed by atoms with Gasteiger partial charge in [-0.25, -0.2) is 4.98 Å². The average Bonchev–Trinajstić information content (AvgIpc) is 2.41. The van der Waals surface area contributed by atoms with Crippen LogP contribution in [0.25, 0.3) is 0 Å². The third-order valence-electron chi connectivity index (χ3n) is 3.60. The second-order valence-corrected chi connectivity index (χ2v) is 5.79. The van der Waals surface area contributed by atoms with Gasteiger partial charge in [-0.3, -0.25) is 0 Å². The largest absolute Gasteiger partial charge is 0.473 e. The molecule has 6 nitrogen and oxygen atoms in total. The zero-order valence-electron chi connectivity index (χ0n) is 12.8. The molecule has 1 atom stereocenters. The first kappa shape index (κ1) is 14.8. The van der Waals surface area contributed by atoms with Gasteiger partial charge in [0, 0.05) is 19.1 Å². The van der Waals surface area contributed by atoms with Crippen LogP contribution in [-0.2, 0) is 0 Å². The van der Waals surface area contributed by atoms with E-state index in [9.17, 15) is 0 Å². The summed E-state index contributed by atoms with van der Waals surface area (Å²) in [6.45, 7) is 5.84. The van der Waals surface area contributed by atoms with E-state index >= 15 is 0 Å². The molecule has 1 fully saturated rings. The van der Waals surface area contributed by atoms with Gasteiger partial charge in [0.15, 0.2) is 5.82 Å². The Labute approximate surface area is 120 Å². The SMILES string of the molecule is CC(C)Oc1ncnc(N2CCCC(N(C)C)C2)c1N. The lowest BCUT2D eigenvalue weighted by Gasteiger charge is -2.37. The van der Waals surface area contributed by atoms with Gasteiger partial charge in [-0.2, -0.15) is 4.98 Å². The Morgan fingerprint density at radius 2 is 2.15 bits per heavy atom. The van der Waals surface area contributed by atoms with Crippen LogP contribution < -0.4 is 15.4 Å². The molecule has 0 radical (unpaired) electrons. The predicted octanol–water partition coefficient (Wildman–Crippen LogP) is 1.38. The van der Waals surface area contributed by atoms with Crippen molar-refractivity contribution >= 4 is 11.5 Å². The maximum Gasteiger partial charge on any atom is 0.242 e. The summed E-state index contributed by atoms with van der Waals surface area (Å²) in [5.74, 6) is 1.28. The van der Waals surface area contributed by atoms with Gasteiger partial charge in [-0.1, -0.05) is 0 Å². The van der Waals surface area contributed by atoms with E-state index in [2.05, 4.69) is 33.9 Å². The third-order valence-corrected chi connectivity index (χ3v) is 3.60. The normalized spacial score (nSPS) is 19.7. The Morgan fingerprint density at radius 3 is 2.80 bits per heavy atom. The Balaban J connectivity index is 2.19. The highest BCUT2D eigenvalue weighted by atomic mass is 16.5. The standard InChI is InChI=1S/C14H25N5O/c1-10(2)20-14-12(15)13(16-9-17-14)19-7-5-6-11(8-19)18(3)4/h9-11H,5-8,15H2,1-4H3. The van der Waals surface area contributed by atoms with Crippen molar-refractivity contribution in [3.63, 3.8) is 0 Å².